The molecule has 0 aliphatic heterocycles. The van der Waals surface area contributed by atoms with E-state index < -0.39 is 0 Å². The Balaban J connectivity index is 1.90. The fourth-order valence-electron chi connectivity index (χ4n) is 3.74. The van der Waals surface area contributed by atoms with E-state index in [-0.39, 0.29) is 0 Å². The topological polar surface area (TPSA) is 24.9 Å². The molecule has 0 amide bonds. The highest BCUT2D eigenvalue weighted by molar-refractivity contribution is 7.80. The maximum atomic E-state index is 6.14. The van der Waals surface area contributed by atoms with Gasteiger partial charge in [-0.1, -0.05) is 60.7 Å². The van der Waals surface area contributed by atoms with Gasteiger partial charge in [0, 0.05) is 45.7 Å². The van der Waals surface area contributed by atoms with Crippen LogP contribution in [-0.4, -0.2) is 48.3 Å². The van der Waals surface area contributed by atoms with Gasteiger partial charge in [-0.3, -0.25) is 0 Å². The van der Waals surface area contributed by atoms with E-state index in [2.05, 4.69) is 36.4 Å². The zero-order chi connectivity index (χ0) is 23.5. The Labute approximate surface area is 205 Å². The molecule has 4 aromatic rings. The van der Waals surface area contributed by atoms with Crippen molar-refractivity contribution in [2.24, 2.45) is 0 Å². The van der Waals surface area contributed by atoms with Gasteiger partial charge in [0.25, 0.3) is 10.3 Å². The van der Waals surface area contributed by atoms with Crippen LogP contribution < -0.4 is 9.47 Å². The van der Waals surface area contributed by atoms with E-state index in [1.165, 1.54) is 0 Å². The van der Waals surface area contributed by atoms with E-state index in [4.69, 9.17) is 33.9 Å². The van der Waals surface area contributed by atoms with Gasteiger partial charge in [0.15, 0.2) is 0 Å². The van der Waals surface area contributed by atoms with Crippen molar-refractivity contribution in [3.63, 3.8) is 0 Å². The summed E-state index contributed by atoms with van der Waals surface area (Å²) in [5.41, 5.74) is 2.10. The van der Waals surface area contributed by atoms with E-state index in [0.29, 0.717) is 16.8 Å². The van der Waals surface area contributed by atoms with Gasteiger partial charge in [-0.2, -0.15) is 0 Å². The van der Waals surface area contributed by atoms with Crippen LogP contribution in [0.5, 0.6) is 11.5 Å². The molecule has 0 atom stereocenters. The molecule has 0 aromatic heterocycles. The third-order valence-corrected chi connectivity index (χ3v) is 6.37. The number of benzene rings is 4. The van der Waals surface area contributed by atoms with Crippen LogP contribution in [0.1, 0.15) is 11.1 Å². The summed E-state index contributed by atoms with van der Waals surface area (Å²) in [6, 6.07) is 24.7. The molecule has 0 unspecified atom stereocenters. The fraction of sp³-hybridized carbons (Fsp3) is 0.185. The molecular formula is C27H26N2O2S2. The standard InChI is InChI=1S/C27H26N2O2S2/c1-28(2)26(32)30-24-15-13-18-9-5-7-11-20(18)22(24)17-23-21-12-8-6-10-19(21)14-16-25(23)31-27(33)29(3)4/h5-16H,17H2,1-4H3. The molecule has 0 spiro atoms. The lowest BCUT2D eigenvalue weighted by Crippen LogP contribution is -2.26. The van der Waals surface area contributed by atoms with Crippen molar-refractivity contribution in [2.45, 2.75) is 6.42 Å². The third kappa shape index (κ3) is 4.92. The van der Waals surface area contributed by atoms with Crippen LogP contribution in [0, 0.1) is 0 Å². The summed E-state index contributed by atoms with van der Waals surface area (Å²) >= 11 is 10.9. The molecule has 4 aromatic carbocycles. The summed E-state index contributed by atoms with van der Waals surface area (Å²) in [6.45, 7) is 0. The number of ether oxygens (including phenoxy) is 2. The first-order valence-electron chi connectivity index (χ1n) is 10.6. The molecule has 0 saturated heterocycles. The van der Waals surface area contributed by atoms with Crippen molar-refractivity contribution in [3.8, 4) is 11.5 Å². The minimum Gasteiger partial charge on any atom is -0.431 e. The van der Waals surface area contributed by atoms with Crippen molar-refractivity contribution in [1.82, 2.24) is 9.80 Å². The number of nitrogens with zero attached hydrogens (tertiary/aromatic N) is 2. The molecule has 33 heavy (non-hydrogen) atoms. The molecule has 0 saturated carbocycles. The summed E-state index contributed by atoms with van der Waals surface area (Å²) in [6.07, 6.45) is 0.597. The minimum absolute atomic E-state index is 0.412. The largest absolute Gasteiger partial charge is 0.431 e. The number of rotatable bonds is 4. The number of hydrogen-bond donors (Lipinski definition) is 0. The van der Waals surface area contributed by atoms with E-state index in [1.807, 2.05) is 64.6 Å². The Hall–Kier alpha value is -3.22. The van der Waals surface area contributed by atoms with Crippen LogP contribution in [0.2, 0.25) is 0 Å². The highest BCUT2D eigenvalue weighted by atomic mass is 32.1. The molecule has 0 heterocycles. The number of fused-ring (bicyclic) bond motifs is 2. The second kappa shape index (κ2) is 9.73. The van der Waals surface area contributed by atoms with Gasteiger partial charge in [-0.25, -0.2) is 0 Å². The van der Waals surface area contributed by atoms with Gasteiger partial charge in [-0.05, 0) is 58.1 Å². The van der Waals surface area contributed by atoms with Crippen molar-refractivity contribution >= 4 is 56.3 Å². The Morgan fingerprint density at radius 2 is 1.00 bits per heavy atom. The van der Waals surface area contributed by atoms with Crippen molar-refractivity contribution < 1.29 is 9.47 Å². The lowest BCUT2D eigenvalue weighted by molar-refractivity contribution is 0.443. The molecule has 0 aliphatic rings. The van der Waals surface area contributed by atoms with Crippen molar-refractivity contribution in [1.29, 1.82) is 0 Å². The number of thiocarbonyl (C=S) groups is 2. The van der Waals surface area contributed by atoms with Gasteiger partial charge in [0.2, 0.25) is 0 Å². The zero-order valence-corrected chi connectivity index (χ0v) is 20.8. The third-order valence-electron chi connectivity index (χ3n) is 5.47. The zero-order valence-electron chi connectivity index (χ0n) is 19.2. The maximum absolute atomic E-state index is 6.14. The number of hydrogen-bond acceptors (Lipinski definition) is 4. The van der Waals surface area contributed by atoms with Gasteiger partial charge in [0.1, 0.15) is 11.5 Å². The maximum Gasteiger partial charge on any atom is 0.264 e. The quantitative estimate of drug-likeness (QED) is 0.335. The Bertz CT molecular complexity index is 1250. The van der Waals surface area contributed by atoms with Crippen LogP contribution in [-0.2, 0) is 6.42 Å². The van der Waals surface area contributed by atoms with Crippen LogP contribution >= 0.6 is 24.4 Å². The normalized spacial score (nSPS) is 10.8. The van der Waals surface area contributed by atoms with Crippen LogP contribution in [0.25, 0.3) is 21.5 Å². The monoisotopic (exact) mass is 474 g/mol. The second-order valence-corrected chi connectivity index (χ2v) is 8.93. The highest BCUT2D eigenvalue weighted by Crippen LogP contribution is 2.36. The molecule has 0 N–H and O–H groups in total. The van der Waals surface area contributed by atoms with E-state index >= 15 is 0 Å². The molecule has 0 fully saturated rings. The van der Waals surface area contributed by atoms with Crippen LogP contribution in [0.3, 0.4) is 0 Å². The first-order chi connectivity index (χ1) is 15.8. The van der Waals surface area contributed by atoms with Gasteiger partial charge >= 0.3 is 0 Å². The van der Waals surface area contributed by atoms with Crippen molar-refractivity contribution in [2.75, 3.05) is 28.2 Å². The molecule has 0 aliphatic carbocycles. The van der Waals surface area contributed by atoms with Crippen LogP contribution in [0.4, 0.5) is 0 Å². The molecule has 0 radical (unpaired) electrons. The summed E-state index contributed by atoms with van der Waals surface area (Å²) < 4.78 is 12.3. The summed E-state index contributed by atoms with van der Waals surface area (Å²) in [5.74, 6) is 1.47. The minimum atomic E-state index is 0.412. The van der Waals surface area contributed by atoms with Gasteiger partial charge < -0.3 is 19.3 Å². The lowest BCUT2D eigenvalue weighted by Gasteiger charge is -2.21. The molecule has 4 rings (SSSR count). The Kier molecular flexibility index (Phi) is 6.77. The van der Waals surface area contributed by atoms with E-state index in [9.17, 15) is 0 Å². The highest BCUT2D eigenvalue weighted by Gasteiger charge is 2.18. The summed E-state index contributed by atoms with van der Waals surface area (Å²) in [7, 11) is 7.51. The fourth-order valence-corrected chi connectivity index (χ4v) is 3.91. The molecular weight excluding hydrogens is 448 g/mol. The SMILES string of the molecule is CN(C)C(=S)Oc1ccc2ccccc2c1Cc1c(OC(=S)N(C)C)ccc2ccccc12. The van der Waals surface area contributed by atoms with E-state index in [0.717, 1.165) is 44.2 Å². The Morgan fingerprint density at radius 3 is 1.39 bits per heavy atom. The van der Waals surface area contributed by atoms with Gasteiger partial charge in [-0.15, -0.1) is 0 Å². The Morgan fingerprint density at radius 1 is 0.606 bits per heavy atom. The predicted octanol–water partition coefficient (Wildman–Crippen LogP) is 6.03. The summed E-state index contributed by atoms with van der Waals surface area (Å²) in [5, 5.41) is 5.34. The summed E-state index contributed by atoms with van der Waals surface area (Å²) in [4.78, 5) is 3.58. The molecule has 4 nitrogen and oxygen atoms in total. The first-order valence-corrected chi connectivity index (χ1v) is 11.5. The molecule has 6 heteroatoms. The molecule has 0 bridgehead atoms. The average Bonchev–Trinajstić information content (AvgIpc) is 2.81. The average molecular weight is 475 g/mol. The lowest BCUT2D eigenvalue weighted by atomic mass is 9.93. The predicted molar refractivity (Wildman–Crippen MR) is 145 cm³/mol. The van der Waals surface area contributed by atoms with Crippen molar-refractivity contribution in [3.05, 3.63) is 83.9 Å². The van der Waals surface area contributed by atoms with Crippen LogP contribution in [0.15, 0.2) is 72.8 Å². The van der Waals surface area contributed by atoms with E-state index in [1.54, 1.807) is 9.80 Å². The second-order valence-electron chi connectivity index (χ2n) is 8.23. The molecule has 168 valence electrons. The smallest absolute Gasteiger partial charge is 0.264 e. The first kappa shape index (κ1) is 23.0. The van der Waals surface area contributed by atoms with Gasteiger partial charge in [0.05, 0.1) is 0 Å².